The lowest BCUT2D eigenvalue weighted by atomic mass is 10.1. The normalized spacial score (nSPS) is 13.1. The van der Waals surface area contributed by atoms with Crippen molar-refractivity contribution >= 4 is 22.9 Å². The van der Waals surface area contributed by atoms with Gasteiger partial charge in [-0.3, -0.25) is 4.84 Å². The van der Waals surface area contributed by atoms with E-state index in [1.165, 1.54) is 6.92 Å². The molecule has 1 amide bonds. The number of nitrogens with one attached hydrogen (secondary N) is 1. The number of halogens is 1. The third kappa shape index (κ3) is 4.31. The Morgan fingerprint density at radius 3 is 2.62 bits per heavy atom. The molecule has 1 aromatic rings. The number of hydrogen-bond acceptors (Lipinski definition) is 3. The molecule has 16 heavy (non-hydrogen) atoms. The van der Waals surface area contributed by atoms with Crippen molar-refractivity contribution in [3.8, 4) is 0 Å². The number of amides is 1. The van der Waals surface area contributed by atoms with Crippen LogP contribution in [0.3, 0.4) is 0 Å². The maximum absolute atomic E-state index is 11.2. The molecule has 4 nitrogen and oxygen atoms in total. The second kappa shape index (κ2) is 6.12. The van der Waals surface area contributed by atoms with Gasteiger partial charge in [0.1, 0.15) is 5.17 Å². The molecule has 1 atom stereocenters. The minimum atomic E-state index is -0.628. The molecule has 0 bridgehead atoms. The molecule has 0 fully saturated rings. The summed E-state index contributed by atoms with van der Waals surface area (Å²) in [5, 5.41) is 6.13. The van der Waals surface area contributed by atoms with E-state index >= 15 is 0 Å². The van der Waals surface area contributed by atoms with Crippen LogP contribution in [0.15, 0.2) is 35.5 Å². The van der Waals surface area contributed by atoms with Crippen molar-refractivity contribution in [3.63, 3.8) is 0 Å². The predicted octanol–water partition coefficient (Wildman–Crippen LogP) is 3.05. The molecule has 0 saturated carbocycles. The van der Waals surface area contributed by atoms with E-state index in [1.807, 2.05) is 37.3 Å². The van der Waals surface area contributed by atoms with Crippen LogP contribution in [0, 0.1) is 0 Å². The first kappa shape index (κ1) is 12.5. The fraction of sp³-hybridized carbons (Fsp3) is 0.273. The van der Waals surface area contributed by atoms with Gasteiger partial charge in [0.25, 0.3) is 0 Å². The van der Waals surface area contributed by atoms with Gasteiger partial charge < -0.3 is 5.32 Å². The molecule has 1 N–H and O–H groups in total. The number of benzene rings is 1. The van der Waals surface area contributed by atoms with E-state index in [0.717, 1.165) is 5.56 Å². The van der Waals surface area contributed by atoms with Crippen LogP contribution in [0.2, 0.25) is 0 Å². The minimum absolute atomic E-state index is 0.139. The number of oxime groups is 1. The quantitative estimate of drug-likeness (QED) is 0.502. The van der Waals surface area contributed by atoms with E-state index in [0.29, 0.717) is 0 Å². The minimum Gasteiger partial charge on any atom is -0.313 e. The van der Waals surface area contributed by atoms with Gasteiger partial charge in [-0.1, -0.05) is 47.1 Å². The average Bonchev–Trinajstić information content (AvgIpc) is 2.27. The summed E-state index contributed by atoms with van der Waals surface area (Å²) in [6, 6.07) is 9.41. The Bertz CT molecular complexity index is 375. The van der Waals surface area contributed by atoms with Gasteiger partial charge in [-0.2, -0.15) is 0 Å². The Morgan fingerprint density at radius 1 is 1.44 bits per heavy atom. The number of carbonyl (C=O) groups is 1. The molecule has 5 heteroatoms. The van der Waals surface area contributed by atoms with Crippen molar-refractivity contribution in [2.75, 3.05) is 0 Å². The second-order valence-corrected chi connectivity index (χ2v) is 3.79. The predicted molar refractivity (Wildman–Crippen MR) is 63.4 cm³/mol. The Morgan fingerprint density at radius 2 is 2.06 bits per heavy atom. The van der Waals surface area contributed by atoms with Gasteiger partial charge in [-0.15, -0.1) is 0 Å². The standard InChI is InChI=1S/C11H13ClN2O2/c1-8(10-6-4-3-5-7-10)13-11(15)16-14-9(2)12/h3-8H,1-2H3,(H,13,15)/t8-/m1/s1. The van der Waals surface area contributed by atoms with E-state index < -0.39 is 6.09 Å². The third-order valence-corrected chi connectivity index (χ3v) is 1.96. The van der Waals surface area contributed by atoms with Crippen LogP contribution in [0.25, 0.3) is 0 Å². The monoisotopic (exact) mass is 240 g/mol. The molecule has 0 aliphatic heterocycles. The average molecular weight is 241 g/mol. The summed E-state index contributed by atoms with van der Waals surface area (Å²) in [5.74, 6) is 0. The zero-order valence-electron chi connectivity index (χ0n) is 9.11. The van der Waals surface area contributed by atoms with Crippen LogP contribution in [0.4, 0.5) is 4.79 Å². The lowest BCUT2D eigenvalue weighted by molar-refractivity contribution is 0.147. The highest BCUT2D eigenvalue weighted by molar-refractivity contribution is 6.64. The molecule has 0 radical (unpaired) electrons. The fourth-order valence-corrected chi connectivity index (χ4v) is 1.17. The Labute approximate surface area is 99.2 Å². The van der Waals surface area contributed by atoms with Crippen molar-refractivity contribution in [2.45, 2.75) is 19.9 Å². The summed E-state index contributed by atoms with van der Waals surface area (Å²) < 4.78 is 0. The topological polar surface area (TPSA) is 50.7 Å². The van der Waals surface area contributed by atoms with E-state index in [-0.39, 0.29) is 11.2 Å². The van der Waals surface area contributed by atoms with Crippen LogP contribution < -0.4 is 5.32 Å². The molecule has 1 aromatic carbocycles. The van der Waals surface area contributed by atoms with Crippen molar-refractivity contribution in [3.05, 3.63) is 35.9 Å². The highest BCUT2D eigenvalue weighted by atomic mass is 35.5. The molecule has 0 heterocycles. The van der Waals surface area contributed by atoms with Crippen LogP contribution in [-0.4, -0.2) is 11.3 Å². The first-order valence-corrected chi connectivity index (χ1v) is 5.20. The summed E-state index contributed by atoms with van der Waals surface area (Å²) in [5.41, 5.74) is 0.992. The maximum atomic E-state index is 11.2. The van der Waals surface area contributed by atoms with Crippen molar-refractivity contribution < 1.29 is 9.63 Å². The molecule has 0 spiro atoms. The van der Waals surface area contributed by atoms with Crippen LogP contribution in [-0.2, 0) is 4.84 Å². The lowest BCUT2D eigenvalue weighted by Crippen LogP contribution is -2.26. The highest BCUT2D eigenvalue weighted by Gasteiger charge is 2.09. The van der Waals surface area contributed by atoms with Crippen molar-refractivity contribution in [2.24, 2.45) is 5.16 Å². The Hall–Kier alpha value is -1.55. The zero-order valence-corrected chi connectivity index (χ0v) is 9.86. The maximum Gasteiger partial charge on any atom is 0.433 e. The number of carbonyl (C=O) groups excluding carboxylic acids is 1. The van der Waals surface area contributed by atoms with Crippen LogP contribution in [0.1, 0.15) is 25.5 Å². The molecule has 0 aliphatic rings. The Balaban J connectivity index is 2.49. The largest absolute Gasteiger partial charge is 0.433 e. The molecular weight excluding hydrogens is 228 g/mol. The second-order valence-electron chi connectivity index (χ2n) is 3.24. The molecule has 1 rings (SSSR count). The van der Waals surface area contributed by atoms with Gasteiger partial charge in [0.05, 0.1) is 6.04 Å². The zero-order chi connectivity index (χ0) is 12.0. The first-order valence-electron chi connectivity index (χ1n) is 4.82. The SMILES string of the molecule is CC(Cl)=NOC(=O)N[C@H](C)c1ccccc1. The molecule has 0 aliphatic carbocycles. The number of hydrogen-bond donors (Lipinski definition) is 1. The number of nitrogens with zero attached hydrogens (tertiary/aromatic N) is 1. The third-order valence-electron chi connectivity index (χ3n) is 1.89. The lowest BCUT2D eigenvalue weighted by Gasteiger charge is -2.12. The van der Waals surface area contributed by atoms with Crippen LogP contribution in [0.5, 0.6) is 0 Å². The molecule has 0 saturated heterocycles. The summed E-state index contributed by atoms with van der Waals surface area (Å²) in [4.78, 5) is 15.7. The summed E-state index contributed by atoms with van der Waals surface area (Å²) in [6.07, 6.45) is -0.628. The molecule has 0 unspecified atom stereocenters. The van der Waals surface area contributed by atoms with Gasteiger partial charge in [-0.25, -0.2) is 4.79 Å². The van der Waals surface area contributed by atoms with Crippen molar-refractivity contribution in [1.82, 2.24) is 5.32 Å². The summed E-state index contributed by atoms with van der Waals surface area (Å²) in [7, 11) is 0. The van der Waals surface area contributed by atoms with Gasteiger partial charge in [0.2, 0.25) is 0 Å². The molecular formula is C11H13ClN2O2. The van der Waals surface area contributed by atoms with Gasteiger partial charge in [0.15, 0.2) is 0 Å². The first-order chi connectivity index (χ1) is 7.59. The number of rotatable bonds is 3. The van der Waals surface area contributed by atoms with E-state index in [1.54, 1.807) is 0 Å². The smallest absolute Gasteiger partial charge is 0.313 e. The van der Waals surface area contributed by atoms with Gasteiger partial charge >= 0.3 is 6.09 Å². The van der Waals surface area contributed by atoms with Gasteiger partial charge in [0, 0.05) is 0 Å². The van der Waals surface area contributed by atoms with E-state index in [4.69, 9.17) is 11.6 Å². The summed E-state index contributed by atoms with van der Waals surface area (Å²) in [6.45, 7) is 3.38. The molecule has 86 valence electrons. The summed E-state index contributed by atoms with van der Waals surface area (Å²) >= 11 is 5.42. The van der Waals surface area contributed by atoms with E-state index in [2.05, 4.69) is 15.3 Å². The van der Waals surface area contributed by atoms with Crippen molar-refractivity contribution in [1.29, 1.82) is 0 Å². The van der Waals surface area contributed by atoms with E-state index in [9.17, 15) is 4.79 Å². The van der Waals surface area contributed by atoms with Gasteiger partial charge in [-0.05, 0) is 19.4 Å². The van der Waals surface area contributed by atoms with Crippen LogP contribution >= 0.6 is 11.6 Å². The highest BCUT2D eigenvalue weighted by Crippen LogP contribution is 2.10. The Kier molecular flexibility index (Phi) is 4.79. The fourth-order valence-electron chi connectivity index (χ4n) is 1.13. The molecule has 0 aromatic heterocycles.